The number of carbonyl (C=O) groups excluding carboxylic acids is 3. The first-order valence-electron chi connectivity index (χ1n) is 29.0. The Labute approximate surface area is 536 Å². The maximum atomic E-state index is 15.4. The Morgan fingerprint density at radius 1 is 0.618 bits per heavy atom. The van der Waals surface area contributed by atoms with E-state index in [9.17, 15) is 37.1 Å². The first-order chi connectivity index (χ1) is 41.1. The van der Waals surface area contributed by atoms with Crippen LogP contribution in [0.3, 0.4) is 0 Å². The summed E-state index contributed by atoms with van der Waals surface area (Å²) in [5.74, 6) is -5.24. The van der Waals surface area contributed by atoms with Gasteiger partial charge in [-0.1, -0.05) is 99.4 Å². The molecule has 0 aliphatic carbocycles. The topological polar surface area (TPSA) is 189 Å². The molecule has 0 aliphatic heterocycles. The van der Waals surface area contributed by atoms with Crippen LogP contribution in [-0.4, -0.2) is 91.1 Å². The number of carbonyl (C=O) groups is 3. The standard InChI is InChI=1S/C35H46Cl2F2N2O6Si.C30H39ClF2N2O5Si/c1-34(2,3)27(19-47-48(9,10)35(4,5)6)41-18-23(33(44)46-8)32(43)22-15-20(26(45-7)17-25(22)41)14-21-16-24(31(39)29(37)30(21)38)40-28(42)12-11-13-36;1-16(2)23(15-40-41(8,9)30(3,4)5)35-14-20(29(37)39-7)28(36)19-11-17(24(38-6)13-22(19)35)10-18-12-21(34)27(33)25(31)26(18)32/h15-18,27H,11-14,19H2,1-10H3,(H,40,42);11-14,16,23H,10,15,34H2,1-9H3/t27-;23-/m11/s1. The fraction of sp³-hybridized carbons (Fsp3) is 0.492. The third-order valence-electron chi connectivity index (χ3n) is 17.0. The van der Waals surface area contributed by atoms with E-state index < -0.39 is 84.1 Å². The molecule has 0 fully saturated rings. The van der Waals surface area contributed by atoms with Crippen LogP contribution < -0.4 is 31.4 Å². The second-order valence-corrected chi connectivity index (χ2v) is 37.3. The fourth-order valence-corrected chi connectivity index (χ4v) is 12.0. The first kappa shape index (κ1) is 73.8. The molecule has 6 aromatic rings. The number of esters is 2. The summed E-state index contributed by atoms with van der Waals surface area (Å²) in [6.07, 6.45) is 3.13. The van der Waals surface area contributed by atoms with Crippen molar-refractivity contribution in [2.75, 3.05) is 58.6 Å². The second kappa shape index (κ2) is 29.1. The number of benzene rings is 4. The number of nitrogen functional groups attached to an aromatic ring is 1. The normalized spacial score (nSPS) is 13.1. The average molecular weight is 1340 g/mol. The quantitative estimate of drug-likeness (QED) is 0.0174. The van der Waals surface area contributed by atoms with Gasteiger partial charge < -0.3 is 48.0 Å². The molecular formula is C65H85Cl3F4N4O11Si2. The number of alkyl halides is 1. The van der Waals surface area contributed by atoms with Gasteiger partial charge in [-0.3, -0.25) is 14.4 Å². The Balaban J connectivity index is 0.000000328. The van der Waals surface area contributed by atoms with Crippen molar-refractivity contribution in [1.82, 2.24) is 9.13 Å². The Kier molecular flexibility index (Phi) is 24.1. The molecular weight excluding hydrogens is 1250 g/mol. The number of methoxy groups -OCH3 is 4. The molecule has 2 aromatic heterocycles. The van der Waals surface area contributed by atoms with Gasteiger partial charge in [0, 0.05) is 60.4 Å². The summed E-state index contributed by atoms with van der Waals surface area (Å²) < 4.78 is 97.5. The lowest BCUT2D eigenvalue weighted by Crippen LogP contribution is -2.43. The largest absolute Gasteiger partial charge is 0.496 e. The van der Waals surface area contributed by atoms with Crippen LogP contribution >= 0.6 is 34.8 Å². The van der Waals surface area contributed by atoms with Gasteiger partial charge in [-0.05, 0) is 101 Å². The Morgan fingerprint density at radius 2 is 1.04 bits per heavy atom. The summed E-state index contributed by atoms with van der Waals surface area (Å²) in [4.78, 5) is 65.4. The van der Waals surface area contributed by atoms with Gasteiger partial charge in [0.2, 0.25) is 16.8 Å². The summed E-state index contributed by atoms with van der Waals surface area (Å²) >= 11 is 17.5. The van der Waals surface area contributed by atoms with Crippen molar-refractivity contribution in [3.05, 3.63) is 136 Å². The SMILES string of the molecule is COC(=O)c1cn([C@H](CO[Si](C)(C)C(C)(C)C)C(C)(C)C)c2cc(OC)c(Cc3cc(NC(=O)CCCCl)c(F)c(Cl)c3F)cc2c1=O.COC(=O)c1cn([C@H](CO[Si](C)(C)C(C)(C)C)C(C)C)c2cc(OC)c(Cc3cc(N)c(F)c(Cl)c3F)cc2c1=O. The summed E-state index contributed by atoms with van der Waals surface area (Å²) in [6.45, 7) is 32.5. The number of amides is 1. The van der Waals surface area contributed by atoms with E-state index in [2.05, 4.69) is 73.0 Å². The number of nitrogens with zero attached hydrogens (tertiary/aromatic N) is 2. The minimum absolute atomic E-state index is 0.0165. The van der Waals surface area contributed by atoms with Crippen molar-refractivity contribution in [3.63, 3.8) is 0 Å². The molecule has 2 atom stereocenters. The lowest BCUT2D eigenvalue weighted by Gasteiger charge is -2.40. The molecule has 89 heavy (non-hydrogen) atoms. The number of anilines is 2. The monoisotopic (exact) mass is 1330 g/mol. The molecule has 0 unspecified atom stereocenters. The first-order valence-corrected chi connectivity index (χ1v) is 36.1. The van der Waals surface area contributed by atoms with Crippen molar-refractivity contribution in [3.8, 4) is 11.5 Å². The van der Waals surface area contributed by atoms with E-state index in [-0.39, 0.29) is 97.6 Å². The highest BCUT2D eigenvalue weighted by Crippen LogP contribution is 2.43. The molecule has 488 valence electrons. The maximum absolute atomic E-state index is 15.4. The number of rotatable bonds is 21. The van der Waals surface area contributed by atoms with Crippen LogP contribution in [0, 0.1) is 34.6 Å². The minimum Gasteiger partial charge on any atom is -0.496 e. The minimum atomic E-state index is -2.20. The zero-order chi connectivity index (χ0) is 67.4. The van der Waals surface area contributed by atoms with E-state index in [1.54, 1.807) is 18.2 Å². The molecule has 0 saturated carbocycles. The van der Waals surface area contributed by atoms with E-state index in [1.165, 1.54) is 46.9 Å². The molecule has 0 bridgehead atoms. The molecule has 3 N–H and O–H groups in total. The van der Waals surface area contributed by atoms with Crippen molar-refractivity contribution < 1.29 is 59.7 Å². The summed E-state index contributed by atoms with van der Waals surface area (Å²) in [7, 11) is 0.972. The van der Waals surface area contributed by atoms with Crippen LogP contribution in [-0.2, 0) is 36.0 Å². The number of hydrogen-bond acceptors (Lipinski definition) is 12. The van der Waals surface area contributed by atoms with Crippen molar-refractivity contribution >= 4 is 102 Å². The number of ether oxygens (including phenoxy) is 4. The van der Waals surface area contributed by atoms with E-state index in [0.717, 1.165) is 12.1 Å². The van der Waals surface area contributed by atoms with Crippen LogP contribution in [0.1, 0.15) is 144 Å². The lowest BCUT2D eigenvalue weighted by atomic mass is 9.86. The van der Waals surface area contributed by atoms with Gasteiger partial charge in [0.1, 0.15) is 44.3 Å². The van der Waals surface area contributed by atoms with Crippen molar-refractivity contribution in [1.29, 1.82) is 0 Å². The van der Waals surface area contributed by atoms with Gasteiger partial charge in [0.25, 0.3) is 0 Å². The van der Waals surface area contributed by atoms with Crippen molar-refractivity contribution in [2.45, 2.75) is 150 Å². The van der Waals surface area contributed by atoms with Crippen LogP contribution in [0.2, 0.25) is 46.3 Å². The molecule has 24 heteroatoms. The van der Waals surface area contributed by atoms with Crippen LogP contribution in [0.25, 0.3) is 21.8 Å². The smallest absolute Gasteiger partial charge is 0.343 e. The molecule has 1 amide bonds. The molecule has 0 saturated heterocycles. The number of nitrogens with two attached hydrogens (primary N) is 1. The lowest BCUT2D eigenvalue weighted by molar-refractivity contribution is -0.116. The molecule has 4 aromatic carbocycles. The summed E-state index contributed by atoms with van der Waals surface area (Å²) in [5, 5.41) is 1.24. The molecule has 2 heterocycles. The predicted molar refractivity (Wildman–Crippen MR) is 352 cm³/mol. The van der Waals surface area contributed by atoms with Crippen LogP contribution in [0.15, 0.2) is 58.4 Å². The number of halogens is 7. The molecule has 15 nitrogen and oxygen atoms in total. The van der Waals surface area contributed by atoms with Gasteiger partial charge in [-0.25, -0.2) is 27.2 Å². The Hall–Kier alpha value is -5.95. The van der Waals surface area contributed by atoms with Gasteiger partial charge in [-0.2, -0.15) is 0 Å². The number of fused-ring (bicyclic) bond motifs is 2. The summed E-state index contributed by atoms with van der Waals surface area (Å²) in [5.41, 5.74) is 4.99. The highest BCUT2D eigenvalue weighted by atomic mass is 35.5. The van der Waals surface area contributed by atoms with Crippen molar-refractivity contribution in [2.24, 2.45) is 11.3 Å². The van der Waals surface area contributed by atoms with Gasteiger partial charge in [0.05, 0.1) is 76.1 Å². The zero-order valence-corrected chi connectivity index (χ0v) is 58.7. The van der Waals surface area contributed by atoms with Crippen LogP contribution in [0.5, 0.6) is 11.5 Å². The third kappa shape index (κ3) is 16.6. The highest BCUT2D eigenvalue weighted by Gasteiger charge is 2.41. The third-order valence-corrected chi connectivity index (χ3v) is 26.9. The van der Waals surface area contributed by atoms with E-state index in [4.69, 9.17) is 68.3 Å². The average Bonchev–Trinajstić information content (AvgIpc) is 1.14. The van der Waals surface area contributed by atoms with Gasteiger partial charge in [-0.15, -0.1) is 11.6 Å². The number of aromatic nitrogens is 2. The zero-order valence-electron chi connectivity index (χ0n) is 54.4. The van der Waals surface area contributed by atoms with Crippen LogP contribution in [0.4, 0.5) is 28.9 Å². The van der Waals surface area contributed by atoms with Gasteiger partial charge >= 0.3 is 11.9 Å². The van der Waals surface area contributed by atoms with Gasteiger partial charge in [0.15, 0.2) is 28.3 Å². The fourth-order valence-electron chi connectivity index (χ4n) is 9.43. The summed E-state index contributed by atoms with van der Waals surface area (Å²) in [6, 6.07) is 8.16. The molecule has 0 radical (unpaired) electrons. The van der Waals surface area contributed by atoms with E-state index >= 15 is 4.39 Å². The number of nitrogens with one attached hydrogen (secondary N) is 1. The molecule has 6 rings (SSSR count). The second-order valence-electron chi connectivity index (χ2n) is 26.5. The predicted octanol–water partition coefficient (Wildman–Crippen LogP) is 16.0. The molecule has 0 spiro atoms. The number of pyridine rings is 2. The highest BCUT2D eigenvalue weighted by molar-refractivity contribution is 6.74. The Morgan fingerprint density at radius 3 is 1.46 bits per heavy atom. The Bertz CT molecular complexity index is 3760. The van der Waals surface area contributed by atoms with E-state index in [0.29, 0.717) is 53.3 Å². The number of hydrogen-bond donors (Lipinski definition) is 2. The van der Waals surface area contributed by atoms with E-state index in [1.807, 2.05) is 43.8 Å². The maximum Gasteiger partial charge on any atom is 0.343 e. The molecule has 0 aliphatic rings.